The fourth-order valence-corrected chi connectivity index (χ4v) is 3.39. The maximum absolute atomic E-state index is 13.0. The molecule has 0 aromatic heterocycles. The Morgan fingerprint density at radius 2 is 1.93 bits per heavy atom. The SMILES string of the molecule is CCCC(C(=O)Nc1cccc(C(=O)OCC)c1)N1Cc2ccccc2C1=O. The van der Waals surface area contributed by atoms with Crippen molar-refractivity contribution in [2.75, 3.05) is 11.9 Å². The van der Waals surface area contributed by atoms with Gasteiger partial charge >= 0.3 is 5.97 Å². The first-order chi connectivity index (χ1) is 13.5. The number of anilines is 1. The Balaban J connectivity index is 1.77. The van der Waals surface area contributed by atoms with Gasteiger partial charge in [-0.25, -0.2) is 4.79 Å². The van der Waals surface area contributed by atoms with E-state index >= 15 is 0 Å². The fraction of sp³-hybridized carbons (Fsp3) is 0.318. The van der Waals surface area contributed by atoms with Gasteiger partial charge < -0.3 is 15.0 Å². The van der Waals surface area contributed by atoms with E-state index < -0.39 is 12.0 Å². The average Bonchev–Trinajstić information content (AvgIpc) is 3.03. The number of rotatable bonds is 7. The first kappa shape index (κ1) is 19.6. The van der Waals surface area contributed by atoms with Gasteiger partial charge in [-0.3, -0.25) is 9.59 Å². The van der Waals surface area contributed by atoms with E-state index in [1.807, 2.05) is 25.1 Å². The van der Waals surface area contributed by atoms with E-state index in [9.17, 15) is 14.4 Å². The fourth-order valence-electron chi connectivity index (χ4n) is 3.39. The van der Waals surface area contributed by atoms with Gasteiger partial charge in [0, 0.05) is 17.8 Å². The number of ether oxygens (including phenoxy) is 1. The maximum atomic E-state index is 13.0. The van der Waals surface area contributed by atoms with Crippen LogP contribution in [0, 0.1) is 0 Å². The van der Waals surface area contributed by atoms with E-state index in [4.69, 9.17) is 4.74 Å². The van der Waals surface area contributed by atoms with E-state index in [-0.39, 0.29) is 18.4 Å². The molecular weight excluding hydrogens is 356 g/mol. The van der Waals surface area contributed by atoms with Gasteiger partial charge in [-0.2, -0.15) is 0 Å². The van der Waals surface area contributed by atoms with Crippen molar-refractivity contribution in [1.82, 2.24) is 4.90 Å². The molecule has 0 spiro atoms. The number of amides is 2. The van der Waals surface area contributed by atoms with E-state index in [2.05, 4.69) is 5.32 Å². The minimum absolute atomic E-state index is 0.121. The second-order valence-corrected chi connectivity index (χ2v) is 6.69. The number of fused-ring (bicyclic) bond motifs is 1. The van der Waals surface area contributed by atoms with Crippen molar-refractivity contribution in [3.63, 3.8) is 0 Å². The van der Waals surface area contributed by atoms with Gasteiger partial charge in [-0.05, 0) is 43.2 Å². The van der Waals surface area contributed by atoms with Crippen LogP contribution in [-0.2, 0) is 16.1 Å². The summed E-state index contributed by atoms with van der Waals surface area (Å²) in [5.74, 6) is -0.817. The van der Waals surface area contributed by atoms with Crippen LogP contribution in [0.5, 0.6) is 0 Å². The molecule has 0 aliphatic carbocycles. The van der Waals surface area contributed by atoms with Crippen molar-refractivity contribution in [2.24, 2.45) is 0 Å². The Hall–Kier alpha value is -3.15. The third-order valence-corrected chi connectivity index (χ3v) is 4.73. The van der Waals surface area contributed by atoms with E-state index in [1.165, 1.54) is 0 Å². The molecule has 3 rings (SSSR count). The Labute approximate surface area is 164 Å². The molecule has 6 nitrogen and oxygen atoms in total. The number of esters is 1. The number of hydrogen-bond acceptors (Lipinski definition) is 4. The molecule has 1 atom stereocenters. The zero-order valence-corrected chi connectivity index (χ0v) is 16.1. The first-order valence-electron chi connectivity index (χ1n) is 9.52. The maximum Gasteiger partial charge on any atom is 0.338 e. The summed E-state index contributed by atoms with van der Waals surface area (Å²) in [6, 6.07) is 13.5. The van der Waals surface area contributed by atoms with Gasteiger partial charge in [0.1, 0.15) is 6.04 Å². The summed E-state index contributed by atoms with van der Waals surface area (Å²) in [5, 5.41) is 2.85. The third-order valence-electron chi connectivity index (χ3n) is 4.73. The number of benzene rings is 2. The molecule has 0 bridgehead atoms. The lowest BCUT2D eigenvalue weighted by molar-refractivity contribution is -0.120. The summed E-state index contributed by atoms with van der Waals surface area (Å²) in [6.07, 6.45) is 1.32. The van der Waals surface area contributed by atoms with Crippen LogP contribution in [-0.4, -0.2) is 35.3 Å². The Kier molecular flexibility index (Phi) is 6.09. The van der Waals surface area contributed by atoms with Crippen molar-refractivity contribution >= 4 is 23.5 Å². The lowest BCUT2D eigenvalue weighted by Crippen LogP contribution is -2.44. The molecule has 146 valence electrons. The molecule has 1 aliphatic rings. The highest BCUT2D eigenvalue weighted by atomic mass is 16.5. The van der Waals surface area contributed by atoms with Crippen LogP contribution in [0.25, 0.3) is 0 Å². The number of nitrogens with zero attached hydrogens (tertiary/aromatic N) is 1. The molecule has 1 N–H and O–H groups in total. The number of nitrogens with one attached hydrogen (secondary N) is 1. The Morgan fingerprint density at radius 3 is 2.64 bits per heavy atom. The number of carbonyl (C=O) groups excluding carboxylic acids is 3. The summed E-state index contributed by atoms with van der Waals surface area (Å²) in [4.78, 5) is 39.3. The van der Waals surface area contributed by atoms with Gasteiger partial charge in [-0.1, -0.05) is 37.6 Å². The summed E-state index contributed by atoms with van der Waals surface area (Å²) >= 11 is 0. The van der Waals surface area contributed by atoms with Crippen LogP contribution >= 0.6 is 0 Å². The second-order valence-electron chi connectivity index (χ2n) is 6.69. The monoisotopic (exact) mass is 380 g/mol. The quantitative estimate of drug-likeness (QED) is 0.745. The number of carbonyl (C=O) groups is 3. The summed E-state index contributed by atoms with van der Waals surface area (Å²) in [6.45, 7) is 4.43. The van der Waals surface area contributed by atoms with Crippen molar-refractivity contribution < 1.29 is 19.1 Å². The zero-order valence-electron chi connectivity index (χ0n) is 16.1. The van der Waals surface area contributed by atoms with E-state index in [0.29, 0.717) is 29.8 Å². The predicted molar refractivity (Wildman–Crippen MR) is 106 cm³/mol. The largest absolute Gasteiger partial charge is 0.462 e. The molecular formula is C22H24N2O4. The second kappa shape index (κ2) is 8.69. The predicted octanol–water partition coefficient (Wildman–Crippen LogP) is 3.63. The van der Waals surface area contributed by atoms with E-state index in [1.54, 1.807) is 42.2 Å². The summed E-state index contributed by atoms with van der Waals surface area (Å²) < 4.78 is 5.00. The van der Waals surface area contributed by atoms with Crippen molar-refractivity contribution in [2.45, 2.75) is 39.3 Å². The molecule has 0 fully saturated rings. The average molecular weight is 380 g/mol. The standard InChI is InChI=1S/C22H24N2O4/c1-3-8-19(24-14-16-9-5-6-12-18(16)21(24)26)20(25)23-17-11-7-10-15(13-17)22(27)28-4-2/h5-7,9-13,19H,3-4,8,14H2,1-2H3,(H,23,25). The Morgan fingerprint density at radius 1 is 1.14 bits per heavy atom. The topological polar surface area (TPSA) is 75.7 Å². The molecule has 1 aliphatic heterocycles. The Bertz CT molecular complexity index is 894. The van der Waals surface area contributed by atoms with Crippen LogP contribution in [0.4, 0.5) is 5.69 Å². The molecule has 1 unspecified atom stereocenters. The van der Waals surface area contributed by atoms with Gasteiger partial charge in [0.25, 0.3) is 5.91 Å². The lowest BCUT2D eigenvalue weighted by atomic mass is 10.1. The molecule has 0 radical (unpaired) electrons. The van der Waals surface area contributed by atoms with Crippen molar-refractivity contribution in [3.8, 4) is 0 Å². The normalized spacial score (nSPS) is 13.8. The molecule has 6 heteroatoms. The third kappa shape index (κ3) is 4.06. The molecule has 2 aromatic rings. The first-order valence-corrected chi connectivity index (χ1v) is 9.52. The van der Waals surface area contributed by atoms with Crippen molar-refractivity contribution in [3.05, 3.63) is 65.2 Å². The van der Waals surface area contributed by atoms with Crippen molar-refractivity contribution in [1.29, 1.82) is 0 Å². The molecule has 1 heterocycles. The smallest absolute Gasteiger partial charge is 0.338 e. The van der Waals surface area contributed by atoms with Gasteiger partial charge in [-0.15, -0.1) is 0 Å². The highest BCUT2D eigenvalue weighted by Crippen LogP contribution is 2.26. The summed E-state index contributed by atoms with van der Waals surface area (Å²) in [5.41, 5.74) is 2.46. The highest BCUT2D eigenvalue weighted by molar-refractivity contribution is 6.03. The lowest BCUT2D eigenvalue weighted by Gasteiger charge is -2.26. The zero-order chi connectivity index (χ0) is 20.1. The summed E-state index contributed by atoms with van der Waals surface area (Å²) in [7, 11) is 0. The van der Waals surface area contributed by atoms with Crippen LogP contribution in [0.15, 0.2) is 48.5 Å². The minimum Gasteiger partial charge on any atom is -0.462 e. The molecule has 2 aromatic carbocycles. The van der Waals surface area contributed by atoms with Gasteiger partial charge in [0.2, 0.25) is 5.91 Å². The van der Waals surface area contributed by atoms with Crippen LogP contribution in [0.3, 0.4) is 0 Å². The molecule has 2 amide bonds. The highest BCUT2D eigenvalue weighted by Gasteiger charge is 2.35. The molecule has 28 heavy (non-hydrogen) atoms. The minimum atomic E-state index is -0.573. The van der Waals surface area contributed by atoms with E-state index in [0.717, 1.165) is 12.0 Å². The van der Waals surface area contributed by atoms with Crippen LogP contribution in [0.2, 0.25) is 0 Å². The van der Waals surface area contributed by atoms with Gasteiger partial charge in [0.15, 0.2) is 0 Å². The van der Waals surface area contributed by atoms with Crippen LogP contribution in [0.1, 0.15) is 53.0 Å². The number of hydrogen-bond donors (Lipinski definition) is 1. The molecule has 0 saturated carbocycles. The molecule has 0 saturated heterocycles. The van der Waals surface area contributed by atoms with Gasteiger partial charge in [0.05, 0.1) is 12.2 Å². The van der Waals surface area contributed by atoms with Crippen LogP contribution < -0.4 is 5.32 Å².